The van der Waals surface area contributed by atoms with Crippen LogP contribution in [0, 0.1) is 5.92 Å². The van der Waals surface area contributed by atoms with Crippen LogP contribution in [0.2, 0.25) is 0 Å². The highest BCUT2D eigenvalue weighted by Gasteiger charge is 2.30. The van der Waals surface area contributed by atoms with E-state index in [0.29, 0.717) is 31.6 Å². The molecule has 0 saturated heterocycles. The van der Waals surface area contributed by atoms with E-state index < -0.39 is 97.5 Å². The molecular formula is C63H122O17P2. The lowest BCUT2D eigenvalue weighted by molar-refractivity contribution is -0.161. The van der Waals surface area contributed by atoms with E-state index in [1.54, 1.807) is 0 Å². The van der Waals surface area contributed by atoms with Gasteiger partial charge in [-0.1, -0.05) is 266 Å². The Bertz CT molecular complexity index is 1600. The normalized spacial score (nSPS) is 14.3. The number of esters is 4. The van der Waals surface area contributed by atoms with E-state index in [2.05, 4.69) is 34.6 Å². The van der Waals surface area contributed by atoms with Crippen molar-refractivity contribution in [3.8, 4) is 0 Å². The third-order valence-electron chi connectivity index (χ3n) is 14.5. The Hall–Kier alpha value is -1.94. The van der Waals surface area contributed by atoms with E-state index in [-0.39, 0.29) is 25.7 Å². The SMILES string of the molecule is CCCCCCCCCCCCCCC(=O)O[C@H](COC(=O)CCCCCCCCCC(C)C)COP(=O)(O)OC[C@@H](O)COP(=O)(O)OC[C@@H](COC(=O)CCCCCCCCCCCC)OC(=O)CCCCCCCCCCCC. The summed E-state index contributed by atoms with van der Waals surface area (Å²) in [5.74, 6) is -1.43. The summed E-state index contributed by atoms with van der Waals surface area (Å²) in [5.41, 5.74) is 0. The van der Waals surface area contributed by atoms with Gasteiger partial charge in [0.2, 0.25) is 0 Å². The zero-order valence-corrected chi connectivity index (χ0v) is 54.4. The van der Waals surface area contributed by atoms with Crippen molar-refractivity contribution in [2.45, 2.75) is 335 Å². The van der Waals surface area contributed by atoms with Gasteiger partial charge in [0.25, 0.3) is 0 Å². The second kappa shape index (κ2) is 56.8. The molecule has 0 amide bonds. The molecule has 0 aliphatic carbocycles. The van der Waals surface area contributed by atoms with Gasteiger partial charge in [-0.3, -0.25) is 37.3 Å². The Balaban J connectivity index is 5.23. The van der Waals surface area contributed by atoms with Crippen molar-refractivity contribution in [2.75, 3.05) is 39.6 Å². The number of hydrogen-bond acceptors (Lipinski definition) is 15. The van der Waals surface area contributed by atoms with Crippen LogP contribution in [-0.4, -0.2) is 96.7 Å². The average molecular weight is 1210 g/mol. The third-order valence-corrected chi connectivity index (χ3v) is 16.4. The van der Waals surface area contributed by atoms with Crippen molar-refractivity contribution < 1.29 is 80.2 Å². The van der Waals surface area contributed by atoms with Crippen LogP contribution in [0.1, 0.15) is 317 Å². The molecule has 0 rings (SSSR count). The smallest absolute Gasteiger partial charge is 0.462 e. The van der Waals surface area contributed by atoms with Crippen molar-refractivity contribution >= 4 is 39.5 Å². The summed E-state index contributed by atoms with van der Waals surface area (Å²) in [6, 6.07) is 0. The highest BCUT2D eigenvalue weighted by Crippen LogP contribution is 2.45. The number of carbonyl (C=O) groups is 4. The third kappa shape index (κ3) is 57.2. The Labute approximate surface area is 498 Å². The lowest BCUT2D eigenvalue weighted by Gasteiger charge is -2.21. The predicted octanol–water partition coefficient (Wildman–Crippen LogP) is 17.4. The summed E-state index contributed by atoms with van der Waals surface area (Å²) in [7, 11) is -9.88. The second-order valence-electron chi connectivity index (χ2n) is 23.3. The van der Waals surface area contributed by atoms with Crippen molar-refractivity contribution in [1.82, 2.24) is 0 Å². The first kappa shape index (κ1) is 80.1. The Morgan fingerprint density at radius 3 is 0.829 bits per heavy atom. The minimum atomic E-state index is -4.94. The molecular weight excluding hydrogens is 1090 g/mol. The zero-order chi connectivity index (χ0) is 60.6. The van der Waals surface area contributed by atoms with E-state index in [0.717, 1.165) is 96.3 Å². The molecule has 3 N–H and O–H groups in total. The van der Waals surface area contributed by atoms with Crippen molar-refractivity contribution in [1.29, 1.82) is 0 Å². The van der Waals surface area contributed by atoms with Gasteiger partial charge in [0.1, 0.15) is 19.3 Å². The lowest BCUT2D eigenvalue weighted by atomic mass is 10.0. The number of hydrogen-bond donors (Lipinski definition) is 3. The highest BCUT2D eigenvalue weighted by molar-refractivity contribution is 7.47. The van der Waals surface area contributed by atoms with Crippen LogP contribution in [0.25, 0.3) is 0 Å². The quantitative estimate of drug-likeness (QED) is 0.0222. The largest absolute Gasteiger partial charge is 0.472 e. The van der Waals surface area contributed by atoms with Gasteiger partial charge in [-0.05, 0) is 31.6 Å². The fourth-order valence-electron chi connectivity index (χ4n) is 9.41. The summed E-state index contributed by atoms with van der Waals surface area (Å²) in [6.07, 6.45) is 40.2. The fourth-order valence-corrected chi connectivity index (χ4v) is 11.0. The van der Waals surface area contributed by atoms with Gasteiger partial charge in [0.05, 0.1) is 26.4 Å². The summed E-state index contributed by atoms with van der Waals surface area (Å²) in [5, 5.41) is 10.5. The lowest BCUT2D eigenvalue weighted by Crippen LogP contribution is -2.30. The summed E-state index contributed by atoms with van der Waals surface area (Å²) < 4.78 is 67.9. The van der Waals surface area contributed by atoms with Crippen molar-refractivity contribution in [3.63, 3.8) is 0 Å². The summed E-state index contributed by atoms with van der Waals surface area (Å²) in [6.45, 7) is 7.12. The summed E-state index contributed by atoms with van der Waals surface area (Å²) >= 11 is 0. The number of aliphatic hydroxyl groups excluding tert-OH is 1. The van der Waals surface area contributed by atoms with Gasteiger partial charge in [0, 0.05) is 25.7 Å². The molecule has 82 heavy (non-hydrogen) atoms. The predicted molar refractivity (Wildman–Crippen MR) is 326 cm³/mol. The van der Waals surface area contributed by atoms with Crippen LogP contribution in [-0.2, 0) is 65.4 Å². The van der Waals surface area contributed by atoms with E-state index >= 15 is 0 Å². The Morgan fingerprint density at radius 1 is 0.329 bits per heavy atom. The molecule has 0 aliphatic heterocycles. The zero-order valence-electron chi connectivity index (χ0n) is 52.6. The molecule has 0 spiro atoms. The number of aliphatic hydroxyl groups is 1. The first-order valence-electron chi connectivity index (χ1n) is 33.1. The number of phosphoric acid groups is 2. The molecule has 0 heterocycles. The van der Waals surface area contributed by atoms with Gasteiger partial charge < -0.3 is 33.8 Å². The number of phosphoric ester groups is 2. The second-order valence-corrected chi connectivity index (χ2v) is 26.2. The van der Waals surface area contributed by atoms with Crippen LogP contribution < -0.4 is 0 Å². The minimum absolute atomic E-state index is 0.106. The minimum Gasteiger partial charge on any atom is -0.462 e. The molecule has 0 aromatic heterocycles. The Morgan fingerprint density at radius 2 is 0.561 bits per heavy atom. The van der Waals surface area contributed by atoms with Crippen LogP contribution >= 0.6 is 15.6 Å². The topological polar surface area (TPSA) is 237 Å². The molecule has 0 bridgehead atoms. The number of carbonyl (C=O) groups excluding carboxylic acids is 4. The average Bonchev–Trinajstić information content (AvgIpc) is 3.47. The summed E-state index contributed by atoms with van der Waals surface area (Å²) in [4.78, 5) is 72.1. The first-order chi connectivity index (χ1) is 39.5. The molecule has 0 fully saturated rings. The van der Waals surface area contributed by atoms with Crippen LogP contribution in [0.5, 0.6) is 0 Å². The molecule has 486 valence electrons. The molecule has 2 unspecified atom stereocenters. The van der Waals surface area contributed by atoms with Gasteiger partial charge >= 0.3 is 39.5 Å². The highest BCUT2D eigenvalue weighted by atomic mass is 31.2. The first-order valence-corrected chi connectivity index (χ1v) is 36.1. The maximum atomic E-state index is 13.0. The van der Waals surface area contributed by atoms with Crippen LogP contribution in [0.4, 0.5) is 0 Å². The molecule has 0 aliphatic rings. The van der Waals surface area contributed by atoms with Crippen LogP contribution in [0.15, 0.2) is 0 Å². The van der Waals surface area contributed by atoms with Gasteiger partial charge in [0.15, 0.2) is 12.2 Å². The van der Waals surface area contributed by atoms with Crippen molar-refractivity contribution in [3.05, 3.63) is 0 Å². The van der Waals surface area contributed by atoms with E-state index in [1.165, 1.54) is 135 Å². The molecule has 0 aromatic rings. The van der Waals surface area contributed by atoms with E-state index in [4.69, 9.17) is 37.0 Å². The monoisotopic (exact) mass is 1210 g/mol. The molecule has 0 saturated carbocycles. The number of rotatable bonds is 63. The molecule has 0 radical (unpaired) electrons. The standard InChI is InChI=1S/C63H122O17P2/c1-6-9-12-15-18-21-24-25-28-33-39-44-49-63(68)80-59(53-74-61(66)47-42-37-34-29-30-35-40-45-56(4)5)55-78-82(71,72)76-51-57(64)50-75-81(69,70)77-54-58(79-62(67)48-43-38-32-27-23-20-17-14-11-8-3)52-73-60(65)46-41-36-31-26-22-19-16-13-10-7-2/h56-59,64H,6-55H2,1-5H3,(H,69,70)(H,71,72)/t57-,58+,59+/m0/s1. The fraction of sp³-hybridized carbons (Fsp3) is 0.937. The Kier molecular flexibility index (Phi) is 55.5. The molecule has 5 atom stereocenters. The van der Waals surface area contributed by atoms with E-state index in [1.807, 2.05) is 0 Å². The van der Waals surface area contributed by atoms with Crippen LogP contribution in [0.3, 0.4) is 0 Å². The molecule has 19 heteroatoms. The van der Waals surface area contributed by atoms with Gasteiger partial charge in [-0.15, -0.1) is 0 Å². The molecule has 17 nitrogen and oxygen atoms in total. The van der Waals surface area contributed by atoms with Crippen molar-refractivity contribution in [2.24, 2.45) is 5.92 Å². The number of unbranched alkanes of at least 4 members (excludes halogenated alkanes) is 35. The maximum Gasteiger partial charge on any atom is 0.472 e. The molecule has 0 aromatic carbocycles. The number of ether oxygens (including phenoxy) is 4. The van der Waals surface area contributed by atoms with E-state index in [9.17, 15) is 43.2 Å². The maximum absolute atomic E-state index is 13.0. The van der Waals surface area contributed by atoms with Gasteiger partial charge in [-0.25, -0.2) is 9.13 Å². The van der Waals surface area contributed by atoms with Gasteiger partial charge in [-0.2, -0.15) is 0 Å².